The van der Waals surface area contributed by atoms with Gasteiger partial charge in [-0.1, -0.05) is 6.92 Å². The van der Waals surface area contributed by atoms with Gasteiger partial charge >= 0.3 is 0 Å². The highest BCUT2D eigenvalue weighted by atomic mass is 16.5. The second kappa shape index (κ2) is 4.62. The molecule has 1 rings (SSSR count). The van der Waals surface area contributed by atoms with E-state index < -0.39 is 0 Å². The molecule has 84 valence electrons. The summed E-state index contributed by atoms with van der Waals surface area (Å²) in [6, 6.07) is 1.95. The van der Waals surface area contributed by atoms with Gasteiger partial charge in [-0.3, -0.25) is 0 Å². The molecule has 0 aliphatic heterocycles. The number of aryl methyl sites for hydroxylation is 1. The van der Waals surface area contributed by atoms with Crippen LogP contribution in [-0.4, -0.2) is 10.6 Å². The number of nitrogens with zero attached hydrogens (tertiary/aromatic N) is 1. The van der Waals surface area contributed by atoms with Crippen molar-refractivity contribution < 1.29 is 4.74 Å². The average Bonchev–Trinajstić information content (AvgIpc) is 2.18. The summed E-state index contributed by atoms with van der Waals surface area (Å²) in [5, 5.41) is 0. The van der Waals surface area contributed by atoms with Gasteiger partial charge < -0.3 is 10.5 Å². The van der Waals surface area contributed by atoms with Crippen LogP contribution in [0.2, 0.25) is 0 Å². The Bertz CT molecular complexity index is 334. The van der Waals surface area contributed by atoms with Crippen molar-refractivity contribution in [2.24, 2.45) is 5.73 Å². The molecule has 1 aromatic heterocycles. The van der Waals surface area contributed by atoms with Crippen LogP contribution in [0.5, 0.6) is 5.88 Å². The zero-order valence-corrected chi connectivity index (χ0v) is 10.0. The molecular formula is C12H20N2O. The molecule has 0 atom stereocenters. The smallest absolute Gasteiger partial charge is 0.218 e. The van der Waals surface area contributed by atoms with E-state index in [2.05, 4.69) is 25.8 Å². The van der Waals surface area contributed by atoms with Gasteiger partial charge in [-0.05, 0) is 38.8 Å². The Morgan fingerprint density at radius 3 is 2.67 bits per heavy atom. The zero-order chi connectivity index (χ0) is 11.5. The number of nitrogens with two attached hydrogens (primary N) is 1. The predicted octanol–water partition coefficient (Wildman–Crippen LogP) is 2.42. The van der Waals surface area contributed by atoms with Crippen molar-refractivity contribution in [3.05, 3.63) is 23.4 Å². The molecule has 0 saturated heterocycles. The lowest BCUT2D eigenvalue weighted by atomic mass is 10.1. The van der Waals surface area contributed by atoms with Crippen LogP contribution in [0.1, 0.15) is 38.3 Å². The van der Waals surface area contributed by atoms with E-state index in [1.54, 1.807) is 6.20 Å². The Morgan fingerprint density at radius 1 is 1.47 bits per heavy atom. The Hall–Kier alpha value is -1.09. The van der Waals surface area contributed by atoms with Crippen LogP contribution in [0.15, 0.2) is 12.3 Å². The second-order valence-electron chi connectivity index (χ2n) is 4.33. The Balaban J connectivity index is 2.99. The Kier molecular flexibility index (Phi) is 3.69. The SMILES string of the molecule is CCC(C)(C)Oc1nccc(C)c1CN. The number of ether oxygens (including phenoxy) is 1. The second-order valence-corrected chi connectivity index (χ2v) is 4.33. The molecule has 0 aromatic carbocycles. The van der Waals surface area contributed by atoms with Crippen LogP contribution in [0.4, 0.5) is 0 Å². The molecule has 0 unspecified atom stereocenters. The fraction of sp³-hybridized carbons (Fsp3) is 0.583. The molecule has 2 N–H and O–H groups in total. The summed E-state index contributed by atoms with van der Waals surface area (Å²) in [6.45, 7) is 8.69. The summed E-state index contributed by atoms with van der Waals surface area (Å²) in [5.74, 6) is 0.671. The molecule has 0 saturated carbocycles. The van der Waals surface area contributed by atoms with E-state index in [1.807, 2.05) is 13.0 Å². The molecule has 0 spiro atoms. The van der Waals surface area contributed by atoms with E-state index in [1.165, 1.54) is 0 Å². The first kappa shape index (κ1) is 12.0. The van der Waals surface area contributed by atoms with Gasteiger partial charge in [-0.25, -0.2) is 4.98 Å². The minimum Gasteiger partial charge on any atom is -0.471 e. The first-order chi connectivity index (χ1) is 7.00. The number of hydrogen-bond acceptors (Lipinski definition) is 3. The molecule has 0 amide bonds. The highest BCUT2D eigenvalue weighted by Crippen LogP contribution is 2.24. The molecule has 1 aromatic rings. The van der Waals surface area contributed by atoms with Crippen molar-refractivity contribution in [3.63, 3.8) is 0 Å². The summed E-state index contributed by atoms with van der Waals surface area (Å²) in [6.07, 6.45) is 2.70. The van der Waals surface area contributed by atoms with E-state index in [0.29, 0.717) is 12.4 Å². The first-order valence-corrected chi connectivity index (χ1v) is 5.33. The maximum absolute atomic E-state index is 5.86. The topological polar surface area (TPSA) is 48.1 Å². The summed E-state index contributed by atoms with van der Waals surface area (Å²) < 4.78 is 5.86. The summed E-state index contributed by atoms with van der Waals surface area (Å²) in [5.41, 5.74) is 7.63. The molecule has 0 aliphatic rings. The van der Waals surface area contributed by atoms with Crippen molar-refractivity contribution in [3.8, 4) is 5.88 Å². The first-order valence-electron chi connectivity index (χ1n) is 5.33. The Labute approximate surface area is 91.7 Å². The third-order valence-electron chi connectivity index (χ3n) is 2.68. The lowest BCUT2D eigenvalue weighted by molar-refractivity contribution is 0.0975. The third kappa shape index (κ3) is 2.93. The van der Waals surface area contributed by atoms with Gasteiger partial charge in [0.15, 0.2) is 0 Å². The van der Waals surface area contributed by atoms with Crippen LogP contribution in [0, 0.1) is 6.92 Å². The largest absolute Gasteiger partial charge is 0.471 e. The van der Waals surface area contributed by atoms with Crippen LogP contribution in [0.3, 0.4) is 0 Å². The molecule has 3 heteroatoms. The third-order valence-corrected chi connectivity index (χ3v) is 2.68. The molecule has 0 radical (unpaired) electrons. The van der Waals surface area contributed by atoms with Crippen LogP contribution in [-0.2, 0) is 6.54 Å². The molecule has 0 aliphatic carbocycles. The molecule has 1 heterocycles. The van der Waals surface area contributed by atoms with Gasteiger partial charge in [0.05, 0.1) is 0 Å². The molecule has 0 bridgehead atoms. The van der Waals surface area contributed by atoms with Crippen molar-refractivity contribution in [1.82, 2.24) is 4.98 Å². The summed E-state index contributed by atoms with van der Waals surface area (Å²) in [7, 11) is 0. The minimum absolute atomic E-state index is 0.190. The quantitative estimate of drug-likeness (QED) is 0.826. The predicted molar refractivity (Wildman–Crippen MR) is 61.9 cm³/mol. The van der Waals surface area contributed by atoms with Crippen LogP contribution < -0.4 is 10.5 Å². The van der Waals surface area contributed by atoms with E-state index in [-0.39, 0.29) is 5.60 Å². The fourth-order valence-corrected chi connectivity index (χ4v) is 1.23. The normalized spacial score (nSPS) is 11.5. The van der Waals surface area contributed by atoms with Crippen molar-refractivity contribution >= 4 is 0 Å². The van der Waals surface area contributed by atoms with Crippen molar-refractivity contribution in [1.29, 1.82) is 0 Å². The van der Waals surface area contributed by atoms with Gasteiger partial charge in [-0.2, -0.15) is 0 Å². The van der Waals surface area contributed by atoms with Gasteiger partial charge in [0, 0.05) is 18.3 Å². The van der Waals surface area contributed by atoms with Gasteiger partial charge in [0.25, 0.3) is 0 Å². The summed E-state index contributed by atoms with van der Waals surface area (Å²) in [4.78, 5) is 4.24. The highest BCUT2D eigenvalue weighted by Gasteiger charge is 2.19. The standard InChI is InChI=1S/C12H20N2O/c1-5-12(3,4)15-11-10(8-13)9(2)6-7-14-11/h6-7H,5,8,13H2,1-4H3. The molecule has 3 nitrogen and oxygen atoms in total. The lowest BCUT2D eigenvalue weighted by Crippen LogP contribution is -2.28. The lowest BCUT2D eigenvalue weighted by Gasteiger charge is -2.25. The fourth-order valence-electron chi connectivity index (χ4n) is 1.23. The molecule has 15 heavy (non-hydrogen) atoms. The summed E-state index contributed by atoms with van der Waals surface area (Å²) >= 11 is 0. The van der Waals surface area contributed by atoms with Gasteiger partial charge in [-0.15, -0.1) is 0 Å². The van der Waals surface area contributed by atoms with Gasteiger partial charge in [0.1, 0.15) is 5.60 Å². The average molecular weight is 208 g/mol. The van der Waals surface area contributed by atoms with Crippen LogP contribution >= 0.6 is 0 Å². The maximum atomic E-state index is 5.86. The van der Waals surface area contributed by atoms with Crippen LogP contribution in [0.25, 0.3) is 0 Å². The Morgan fingerprint density at radius 2 is 2.13 bits per heavy atom. The number of rotatable bonds is 4. The molecular weight excluding hydrogens is 188 g/mol. The maximum Gasteiger partial charge on any atom is 0.218 e. The van der Waals surface area contributed by atoms with Crippen molar-refractivity contribution in [2.45, 2.75) is 46.3 Å². The minimum atomic E-state index is -0.190. The van der Waals surface area contributed by atoms with E-state index >= 15 is 0 Å². The van der Waals surface area contributed by atoms with E-state index in [9.17, 15) is 0 Å². The number of hydrogen-bond donors (Lipinski definition) is 1. The number of pyridine rings is 1. The van der Waals surface area contributed by atoms with Crippen molar-refractivity contribution in [2.75, 3.05) is 0 Å². The highest BCUT2D eigenvalue weighted by molar-refractivity contribution is 5.33. The molecule has 0 fully saturated rings. The van der Waals surface area contributed by atoms with E-state index in [0.717, 1.165) is 17.5 Å². The van der Waals surface area contributed by atoms with Gasteiger partial charge in [0.2, 0.25) is 5.88 Å². The monoisotopic (exact) mass is 208 g/mol. The zero-order valence-electron chi connectivity index (χ0n) is 10.0. The van der Waals surface area contributed by atoms with E-state index in [4.69, 9.17) is 10.5 Å². The number of aromatic nitrogens is 1.